The second-order valence-corrected chi connectivity index (χ2v) is 4.19. The summed E-state index contributed by atoms with van der Waals surface area (Å²) in [6.07, 6.45) is 1.79. The van der Waals surface area contributed by atoms with Crippen molar-refractivity contribution in [3.63, 3.8) is 0 Å². The maximum absolute atomic E-state index is 13.0. The Bertz CT molecular complexity index is 462. The van der Waals surface area contributed by atoms with Crippen molar-refractivity contribution in [1.82, 2.24) is 4.98 Å². The number of hydrogen-bond donors (Lipinski definition) is 0. The van der Waals surface area contributed by atoms with Gasteiger partial charge in [-0.3, -0.25) is 4.98 Å². The lowest BCUT2D eigenvalue weighted by molar-refractivity contribution is 0.628. The molecule has 0 saturated carbocycles. The molecule has 0 unspecified atom stereocenters. The average molecular weight is 287 g/mol. The first-order valence-corrected chi connectivity index (χ1v) is 4.96. The molecule has 0 saturated heterocycles. The molecule has 0 atom stereocenters. The Morgan fingerprint density at radius 1 is 1.31 bits per heavy atom. The lowest BCUT2D eigenvalue weighted by atomic mass is 10.1. The summed E-state index contributed by atoms with van der Waals surface area (Å²) in [6, 6.07) is 4.94. The number of hydrogen-bond acceptors (Lipinski definition) is 1. The van der Waals surface area contributed by atoms with Gasteiger partial charge in [-0.1, -0.05) is 0 Å². The summed E-state index contributed by atoms with van der Waals surface area (Å²) >= 11 is 2.17. The standard InChI is InChI=1S/C10H7FIN/c1-6-2-8(11)3-7-4-9(12)5-13-10(6)7/h2-5H,1H3. The second kappa shape index (κ2) is 3.21. The Labute approximate surface area is 89.1 Å². The monoisotopic (exact) mass is 287 g/mol. The van der Waals surface area contributed by atoms with Crippen LogP contribution >= 0.6 is 22.6 Å². The van der Waals surface area contributed by atoms with E-state index in [2.05, 4.69) is 27.6 Å². The van der Waals surface area contributed by atoms with Crippen LogP contribution in [0, 0.1) is 16.3 Å². The van der Waals surface area contributed by atoms with E-state index < -0.39 is 0 Å². The lowest BCUT2D eigenvalue weighted by Gasteiger charge is -2.01. The minimum absolute atomic E-state index is 0.200. The Morgan fingerprint density at radius 2 is 2.08 bits per heavy atom. The van der Waals surface area contributed by atoms with E-state index in [4.69, 9.17) is 0 Å². The molecule has 0 aliphatic rings. The Hall–Kier alpha value is -0.710. The number of rotatable bonds is 0. The van der Waals surface area contributed by atoms with Gasteiger partial charge in [0.05, 0.1) is 5.52 Å². The fourth-order valence-electron chi connectivity index (χ4n) is 1.36. The van der Waals surface area contributed by atoms with Gasteiger partial charge in [0.1, 0.15) is 5.82 Å². The van der Waals surface area contributed by atoms with Crippen LogP contribution in [0.2, 0.25) is 0 Å². The summed E-state index contributed by atoms with van der Waals surface area (Å²) in [5.41, 5.74) is 1.76. The van der Waals surface area contributed by atoms with Crippen molar-refractivity contribution < 1.29 is 4.39 Å². The summed E-state index contributed by atoms with van der Waals surface area (Å²) in [4.78, 5) is 4.25. The summed E-state index contributed by atoms with van der Waals surface area (Å²) in [5, 5.41) is 0.865. The molecule has 0 bridgehead atoms. The zero-order chi connectivity index (χ0) is 9.42. The molecule has 1 aromatic carbocycles. The average Bonchev–Trinajstić information content (AvgIpc) is 2.02. The van der Waals surface area contributed by atoms with Crippen LogP contribution in [0.5, 0.6) is 0 Å². The third-order valence-corrected chi connectivity index (χ3v) is 2.50. The highest BCUT2D eigenvalue weighted by molar-refractivity contribution is 14.1. The van der Waals surface area contributed by atoms with E-state index in [1.807, 2.05) is 13.0 Å². The summed E-state index contributed by atoms with van der Waals surface area (Å²) in [5.74, 6) is -0.200. The molecule has 2 aromatic rings. The molecule has 1 nitrogen and oxygen atoms in total. The predicted octanol–water partition coefficient (Wildman–Crippen LogP) is 3.29. The minimum atomic E-state index is -0.200. The number of aryl methyl sites for hydroxylation is 1. The van der Waals surface area contributed by atoms with E-state index in [0.29, 0.717) is 0 Å². The first-order chi connectivity index (χ1) is 6.16. The van der Waals surface area contributed by atoms with Gasteiger partial charge in [-0.2, -0.15) is 0 Å². The molecule has 3 heteroatoms. The van der Waals surface area contributed by atoms with Gasteiger partial charge in [-0.25, -0.2) is 4.39 Å². The molecule has 2 rings (SSSR count). The molecule has 0 spiro atoms. The van der Waals surface area contributed by atoms with E-state index in [0.717, 1.165) is 20.0 Å². The quantitative estimate of drug-likeness (QED) is 0.678. The second-order valence-electron chi connectivity index (χ2n) is 2.95. The smallest absolute Gasteiger partial charge is 0.124 e. The van der Waals surface area contributed by atoms with Crippen LogP contribution in [-0.2, 0) is 0 Å². The number of nitrogens with zero attached hydrogens (tertiary/aromatic N) is 1. The van der Waals surface area contributed by atoms with Crippen LogP contribution in [-0.4, -0.2) is 4.98 Å². The summed E-state index contributed by atoms with van der Waals surface area (Å²) in [7, 11) is 0. The number of aromatic nitrogens is 1. The number of benzene rings is 1. The van der Waals surface area contributed by atoms with E-state index >= 15 is 0 Å². The van der Waals surface area contributed by atoms with Gasteiger partial charge in [0.2, 0.25) is 0 Å². The normalized spacial score (nSPS) is 10.7. The third kappa shape index (κ3) is 1.65. The molecular formula is C10H7FIN. The number of pyridine rings is 1. The van der Waals surface area contributed by atoms with Gasteiger partial charge in [-0.05, 0) is 53.3 Å². The van der Waals surface area contributed by atoms with Crippen molar-refractivity contribution in [2.75, 3.05) is 0 Å². The zero-order valence-corrected chi connectivity index (χ0v) is 9.17. The third-order valence-electron chi connectivity index (χ3n) is 1.91. The molecule has 0 amide bonds. The summed E-state index contributed by atoms with van der Waals surface area (Å²) in [6.45, 7) is 1.87. The molecule has 0 aliphatic heterocycles. The fraction of sp³-hybridized carbons (Fsp3) is 0.100. The van der Waals surface area contributed by atoms with Gasteiger partial charge in [0, 0.05) is 15.2 Å². The highest BCUT2D eigenvalue weighted by Gasteiger charge is 2.01. The van der Waals surface area contributed by atoms with Crippen LogP contribution in [0.3, 0.4) is 0 Å². The van der Waals surface area contributed by atoms with Crippen molar-refractivity contribution in [1.29, 1.82) is 0 Å². The van der Waals surface area contributed by atoms with Crippen LogP contribution in [0.25, 0.3) is 10.9 Å². The van der Waals surface area contributed by atoms with Crippen molar-refractivity contribution in [3.8, 4) is 0 Å². The van der Waals surface area contributed by atoms with Crippen LogP contribution in [0.1, 0.15) is 5.56 Å². The summed E-state index contributed by atoms with van der Waals surface area (Å²) < 4.78 is 14.0. The molecule has 0 radical (unpaired) electrons. The van der Waals surface area contributed by atoms with E-state index in [1.54, 1.807) is 6.20 Å². The van der Waals surface area contributed by atoms with E-state index in [1.165, 1.54) is 12.1 Å². The predicted molar refractivity (Wildman–Crippen MR) is 59.2 cm³/mol. The first kappa shape index (κ1) is 8.87. The van der Waals surface area contributed by atoms with Gasteiger partial charge in [-0.15, -0.1) is 0 Å². The first-order valence-electron chi connectivity index (χ1n) is 3.88. The molecule has 0 aliphatic carbocycles. The van der Waals surface area contributed by atoms with Crippen molar-refractivity contribution in [3.05, 3.63) is 39.3 Å². The van der Waals surface area contributed by atoms with E-state index in [9.17, 15) is 4.39 Å². The van der Waals surface area contributed by atoms with Gasteiger partial charge in [0.15, 0.2) is 0 Å². The maximum Gasteiger partial charge on any atom is 0.124 e. The Kier molecular flexibility index (Phi) is 2.19. The minimum Gasteiger partial charge on any atom is -0.255 e. The molecule has 1 heterocycles. The number of fused-ring (bicyclic) bond motifs is 1. The SMILES string of the molecule is Cc1cc(F)cc2cc(I)cnc12. The van der Waals surface area contributed by atoms with Gasteiger partial charge in [0.25, 0.3) is 0 Å². The lowest BCUT2D eigenvalue weighted by Crippen LogP contribution is -1.86. The Balaban J connectivity index is 2.86. The molecule has 66 valence electrons. The zero-order valence-electron chi connectivity index (χ0n) is 7.01. The topological polar surface area (TPSA) is 12.9 Å². The molecule has 0 N–H and O–H groups in total. The highest BCUT2D eigenvalue weighted by Crippen LogP contribution is 2.19. The molecular weight excluding hydrogens is 280 g/mol. The van der Waals surface area contributed by atoms with Crippen molar-refractivity contribution in [2.24, 2.45) is 0 Å². The van der Waals surface area contributed by atoms with E-state index in [-0.39, 0.29) is 5.82 Å². The van der Waals surface area contributed by atoms with Crippen LogP contribution < -0.4 is 0 Å². The largest absolute Gasteiger partial charge is 0.255 e. The maximum atomic E-state index is 13.0. The van der Waals surface area contributed by atoms with Gasteiger partial charge >= 0.3 is 0 Å². The Morgan fingerprint density at radius 3 is 2.85 bits per heavy atom. The fourth-order valence-corrected chi connectivity index (χ4v) is 1.83. The van der Waals surface area contributed by atoms with Crippen LogP contribution in [0.15, 0.2) is 24.4 Å². The molecule has 1 aromatic heterocycles. The highest BCUT2D eigenvalue weighted by atomic mass is 127. The number of halogens is 2. The van der Waals surface area contributed by atoms with Gasteiger partial charge < -0.3 is 0 Å². The van der Waals surface area contributed by atoms with Crippen molar-refractivity contribution >= 4 is 33.5 Å². The molecule has 13 heavy (non-hydrogen) atoms. The van der Waals surface area contributed by atoms with Crippen molar-refractivity contribution in [2.45, 2.75) is 6.92 Å². The van der Waals surface area contributed by atoms with Crippen LogP contribution in [0.4, 0.5) is 4.39 Å². The molecule has 0 fully saturated rings.